The number of rotatable bonds is 6. The molecule has 0 bridgehead atoms. The molecular formula is C12H15N3O5. The van der Waals surface area contributed by atoms with E-state index in [1.807, 2.05) is 0 Å². The first-order valence-corrected chi connectivity index (χ1v) is 5.59. The van der Waals surface area contributed by atoms with E-state index in [0.29, 0.717) is 5.69 Å². The third kappa shape index (κ3) is 3.37. The van der Waals surface area contributed by atoms with Gasteiger partial charge in [-0.3, -0.25) is 4.79 Å². The van der Waals surface area contributed by atoms with Crippen molar-refractivity contribution in [3.63, 3.8) is 0 Å². The number of ether oxygens (including phenoxy) is 1. The molecule has 0 radical (unpaired) electrons. The van der Waals surface area contributed by atoms with E-state index in [4.69, 9.17) is 10.8 Å². The average Bonchev–Trinajstić information content (AvgIpc) is 2.43. The Morgan fingerprint density at radius 1 is 1.30 bits per heavy atom. The number of carbonyl (C=O) groups is 3. The summed E-state index contributed by atoms with van der Waals surface area (Å²) in [6.45, 7) is 0. The van der Waals surface area contributed by atoms with Crippen LogP contribution in [0.1, 0.15) is 10.4 Å². The van der Waals surface area contributed by atoms with E-state index in [9.17, 15) is 14.4 Å². The second-order valence-electron chi connectivity index (χ2n) is 3.82. The largest absolute Gasteiger partial charge is 0.478 e. The van der Waals surface area contributed by atoms with Crippen LogP contribution in [0, 0.1) is 0 Å². The second kappa shape index (κ2) is 6.41. The zero-order valence-corrected chi connectivity index (χ0v) is 11.0. The quantitative estimate of drug-likeness (QED) is 0.422. The molecule has 0 fully saturated rings. The molecule has 8 heteroatoms. The molecule has 0 saturated heterocycles. The minimum atomic E-state index is -1.41. The van der Waals surface area contributed by atoms with E-state index in [1.165, 1.54) is 18.2 Å². The summed E-state index contributed by atoms with van der Waals surface area (Å²) >= 11 is 0. The number of aromatic carboxylic acids is 1. The van der Waals surface area contributed by atoms with Gasteiger partial charge < -0.3 is 26.2 Å². The van der Waals surface area contributed by atoms with E-state index in [1.54, 1.807) is 7.05 Å². The lowest BCUT2D eigenvalue weighted by Gasteiger charge is -2.17. The molecule has 1 aromatic carbocycles. The second-order valence-corrected chi connectivity index (χ2v) is 3.82. The molecule has 1 rings (SSSR count). The molecular weight excluding hydrogens is 266 g/mol. The smallest absolute Gasteiger partial charge is 0.338 e. The van der Waals surface area contributed by atoms with Crippen molar-refractivity contribution in [2.45, 2.75) is 6.04 Å². The van der Waals surface area contributed by atoms with Crippen LogP contribution < -0.4 is 16.4 Å². The van der Waals surface area contributed by atoms with Gasteiger partial charge in [0.1, 0.15) is 0 Å². The molecule has 0 aliphatic heterocycles. The van der Waals surface area contributed by atoms with Gasteiger partial charge in [-0.15, -0.1) is 0 Å². The van der Waals surface area contributed by atoms with Crippen LogP contribution in [0.25, 0.3) is 0 Å². The van der Waals surface area contributed by atoms with Crippen LogP contribution in [-0.2, 0) is 14.3 Å². The first-order chi connectivity index (χ1) is 9.40. The fourth-order valence-corrected chi connectivity index (χ4v) is 1.53. The Hall–Kier alpha value is -2.77. The van der Waals surface area contributed by atoms with Gasteiger partial charge in [-0.1, -0.05) is 0 Å². The van der Waals surface area contributed by atoms with Gasteiger partial charge in [-0.2, -0.15) is 0 Å². The summed E-state index contributed by atoms with van der Waals surface area (Å²) in [7, 11) is 2.73. The van der Waals surface area contributed by atoms with Crippen molar-refractivity contribution >= 4 is 29.2 Å². The SMILES string of the molecule is CNc1ccc(C(=O)O)cc1NC(C(N)=O)C(=O)OC. The summed E-state index contributed by atoms with van der Waals surface area (Å²) in [6, 6.07) is 2.77. The topological polar surface area (TPSA) is 131 Å². The van der Waals surface area contributed by atoms with E-state index < -0.39 is 23.9 Å². The van der Waals surface area contributed by atoms with Crippen molar-refractivity contribution in [2.24, 2.45) is 5.73 Å². The number of hydrogen-bond donors (Lipinski definition) is 4. The highest BCUT2D eigenvalue weighted by molar-refractivity contribution is 6.04. The Kier molecular flexibility index (Phi) is 4.90. The van der Waals surface area contributed by atoms with E-state index >= 15 is 0 Å². The van der Waals surface area contributed by atoms with Crippen LogP contribution in [0.15, 0.2) is 18.2 Å². The molecule has 0 aromatic heterocycles. The highest BCUT2D eigenvalue weighted by atomic mass is 16.5. The number of amides is 1. The molecule has 1 amide bonds. The summed E-state index contributed by atoms with van der Waals surface area (Å²) in [5.74, 6) is -2.93. The summed E-state index contributed by atoms with van der Waals surface area (Å²) < 4.78 is 4.46. The van der Waals surface area contributed by atoms with E-state index in [-0.39, 0.29) is 11.3 Å². The Labute approximate surface area is 114 Å². The van der Waals surface area contributed by atoms with Crippen LogP contribution in [-0.4, -0.2) is 43.2 Å². The third-order valence-electron chi connectivity index (χ3n) is 2.56. The fraction of sp³-hybridized carbons (Fsp3) is 0.250. The van der Waals surface area contributed by atoms with Gasteiger partial charge >= 0.3 is 11.9 Å². The Balaban J connectivity index is 3.16. The number of benzene rings is 1. The number of carboxylic acid groups (broad SMARTS) is 1. The molecule has 108 valence electrons. The van der Waals surface area contributed by atoms with Gasteiger partial charge in [0.25, 0.3) is 5.91 Å². The van der Waals surface area contributed by atoms with Crippen molar-refractivity contribution in [1.29, 1.82) is 0 Å². The number of carbonyl (C=O) groups excluding carboxylic acids is 2. The Bertz CT molecular complexity index is 544. The number of primary amides is 1. The summed E-state index contributed by atoms with van der Waals surface area (Å²) in [4.78, 5) is 33.6. The van der Waals surface area contributed by atoms with Crippen LogP contribution >= 0.6 is 0 Å². The average molecular weight is 281 g/mol. The maximum absolute atomic E-state index is 11.5. The lowest BCUT2D eigenvalue weighted by atomic mass is 10.1. The molecule has 0 saturated carbocycles. The van der Waals surface area contributed by atoms with Gasteiger partial charge in [0.05, 0.1) is 24.0 Å². The maximum Gasteiger partial charge on any atom is 0.338 e. The summed E-state index contributed by atoms with van der Waals surface area (Å²) in [5, 5.41) is 14.3. The number of esters is 1. The van der Waals surface area contributed by atoms with Crippen LogP contribution in [0.2, 0.25) is 0 Å². The zero-order chi connectivity index (χ0) is 15.3. The molecule has 20 heavy (non-hydrogen) atoms. The van der Waals surface area contributed by atoms with Crippen LogP contribution in [0.4, 0.5) is 11.4 Å². The molecule has 0 heterocycles. The predicted octanol–water partition coefficient (Wildman–Crippen LogP) is -0.135. The first kappa shape index (κ1) is 15.3. The number of carboxylic acids is 1. The van der Waals surface area contributed by atoms with Crippen molar-refractivity contribution < 1.29 is 24.2 Å². The number of methoxy groups -OCH3 is 1. The molecule has 0 aliphatic carbocycles. The molecule has 8 nitrogen and oxygen atoms in total. The number of anilines is 2. The van der Waals surface area contributed by atoms with Crippen molar-refractivity contribution in [1.82, 2.24) is 0 Å². The van der Waals surface area contributed by atoms with Gasteiger partial charge in [-0.05, 0) is 18.2 Å². The van der Waals surface area contributed by atoms with Crippen molar-refractivity contribution in [2.75, 3.05) is 24.8 Å². The lowest BCUT2D eigenvalue weighted by Crippen LogP contribution is -2.42. The van der Waals surface area contributed by atoms with Crippen molar-refractivity contribution in [3.05, 3.63) is 23.8 Å². The molecule has 0 aliphatic rings. The van der Waals surface area contributed by atoms with Crippen LogP contribution in [0.3, 0.4) is 0 Å². The fourth-order valence-electron chi connectivity index (χ4n) is 1.53. The Morgan fingerprint density at radius 3 is 2.40 bits per heavy atom. The molecule has 5 N–H and O–H groups in total. The van der Waals surface area contributed by atoms with E-state index in [0.717, 1.165) is 7.11 Å². The first-order valence-electron chi connectivity index (χ1n) is 5.59. The lowest BCUT2D eigenvalue weighted by molar-refractivity contribution is -0.144. The number of nitrogens with one attached hydrogen (secondary N) is 2. The summed E-state index contributed by atoms with van der Waals surface area (Å²) in [6.07, 6.45) is 0. The number of nitrogens with two attached hydrogens (primary N) is 1. The molecule has 1 aromatic rings. The third-order valence-corrected chi connectivity index (χ3v) is 2.56. The van der Waals surface area contributed by atoms with Gasteiger partial charge in [-0.25, -0.2) is 9.59 Å². The minimum absolute atomic E-state index is 0.000383. The van der Waals surface area contributed by atoms with Gasteiger partial charge in [0, 0.05) is 7.05 Å². The van der Waals surface area contributed by atoms with E-state index in [2.05, 4.69) is 15.4 Å². The molecule has 1 atom stereocenters. The molecule has 0 spiro atoms. The van der Waals surface area contributed by atoms with Crippen LogP contribution in [0.5, 0.6) is 0 Å². The highest BCUT2D eigenvalue weighted by Crippen LogP contribution is 2.24. The standard InChI is InChI=1S/C12H15N3O5/c1-14-7-4-3-6(11(17)18)5-8(7)15-9(10(13)16)12(19)20-2/h3-5,9,14-15H,1-2H3,(H2,13,16)(H,17,18). The number of hydrogen-bond acceptors (Lipinski definition) is 6. The van der Waals surface area contributed by atoms with Gasteiger partial charge in [0.2, 0.25) is 6.04 Å². The predicted molar refractivity (Wildman–Crippen MR) is 71.6 cm³/mol. The Morgan fingerprint density at radius 2 is 1.95 bits per heavy atom. The monoisotopic (exact) mass is 281 g/mol. The highest BCUT2D eigenvalue weighted by Gasteiger charge is 2.26. The maximum atomic E-state index is 11.5. The summed E-state index contributed by atoms with van der Waals surface area (Å²) in [5.41, 5.74) is 5.87. The zero-order valence-electron chi connectivity index (χ0n) is 11.0. The van der Waals surface area contributed by atoms with Crippen molar-refractivity contribution in [3.8, 4) is 0 Å². The normalized spacial score (nSPS) is 11.3. The van der Waals surface area contributed by atoms with Gasteiger partial charge in [0.15, 0.2) is 0 Å². The minimum Gasteiger partial charge on any atom is -0.478 e. The molecule has 1 unspecified atom stereocenters.